The van der Waals surface area contributed by atoms with Crippen LogP contribution >= 0.6 is 0 Å². The molecule has 1 saturated carbocycles. The van der Waals surface area contributed by atoms with E-state index in [1.54, 1.807) is 0 Å². The molecule has 2 heteroatoms. The van der Waals surface area contributed by atoms with E-state index < -0.39 is 0 Å². The zero-order valence-corrected chi connectivity index (χ0v) is 15.4. The minimum absolute atomic E-state index is 0.396. The van der Waals surface area contributed by atoms with Gasteiger partial charge >= 0.3 is 0 Å². The van der Waals surface area contributed by atoms with Crippen LogP contribution in [0.5, 0.6) is 0 Å². The van der Waals surface area contributed by atoms with E-state index in [1.165, 1.54) is 64.2 Å². The van der Waals surface area contributed by atoms with Crippen molar-refractivity contribution in [2.75, 3.05) is 20.6 Å². The molecule has 1 N–H and O–H groups in total. The van der Waals surface area contributed by atoms with E-state index in [0.717, 1.165) is 12.5 Å². The molecule has 0 aromatic heterocycles. The van der Waals surface area contributed by atoms with Crippen molar-refractivity contribution in [3.05, 3.63) is 0 Å². The molecule has 0 aromatic rings. The summed E-state index contributed by atoms with van der Waals surface area (Å²) in [6.45, 7) is 8.09. The van der Waals surface area contributed by atoms with Gasteiger partial charge in [0.15, 0.2) is 0 Å². The first-order valence-electron chi connectivity index (χ1n) is 9.47. The molecule has 1 atom stereocenters. The third-order valence-electron chi connectivity index (χ3n) is 5.73. The molecule has 0 bridgehead atoms. The third-order valence-corrected chi connectivity index (χ3v) is 5.73. The molecule has 0 saturated heterocycles. The summed E-state index contributed by atoms with van der Waals surface area (Å²) in [4.78, 5) is 2.54. The number of rotatable bonds is 10. The van der Waals surface area contributed by atoms with Gasteiger partial charge in [-0.3, -0.25) is 0 Å². The van der Waals surface area contributed by atoms with Crippen LogP contribution in [-0.4, -0.2) is 37.1 Å². The summed E-state index contributed by atoms with van der Waals surface area (Å²) in [5.74, 6) is 0.921. The monoisotopic (exact) mass is 296 g/mol. The van der Waals surface area contributed by atoms with Crippen LogP contribution < -0.4 is 5.32 Å². The van der Waals surface area contributed by atoms with E-state index in [9.17, 15) is 0 Å². The van der Waals surface area contributed by atoms with Crippen molar-refractivity contribution in [2.24, 2.45) is 5.92 Å². The lowest BCUT2D eigenvalue weighted by Gasteiger charge is -2.50. The minimum Gasteiger partial charge on any atom is -0.312 e. The van der Waals surface area contributed by atoms with E-state index in [-0.39, 0.29) is 0 Å². The van der Waals surface area contributed by atoms with Crippen molar-refractivity contribution >= 4 is 0 Å². The fraction of sp³-hybridized carbons (Fsp3) is 1.00. The number of unbranched alkanes of at least 4 members (excludes halogenated alkanes) is 4. The Hall–Kier alpha value is -0.0800. The van der Waals surface area contributed by atoms with Crippen LogP contribution in [0.15, 0.2) is 0 Å². The Kier molecular flexibility index (Phi) is 8.89. The topological polar surface area (TPSA) is 15.3 Å². The van der Waals surface area contributed by atoms with Gasteiger partial charge in [-0.25, -0.2) is 0 Å². The molecule has 1 aliphatic rings. The van der Waals surface area contributed by atoms with Gasteiger partial charge in [0.05, 0.1) is 0 Å². The lowest BCUT2D eigenvalue weighted by molar-refractivity contribution is 0.0400. The Labute approximate surface area is 134 Å². The second-order valence-electron chi connectivity index (χ2n) is 7.49. The normalized spacial score (nSPS) is 28.0. The molecule has 0 heterocycles. The number of hydrogen-bond donors (Lipinski definition) is 1. The quantitative estimate of drug-likeness (QED) is 0.581. The molecule has 0 aromatic carbocycles. The molecular formula is C19H40N2. The molecule has 1 unspecified atom stereocenters. The third kappa shape index (κ3) is 5.56. The summed E-state index contributed by atoms with van der Waals surface area (Å²) in [6, 6.07) is 0.673. The molecule has 1 fully saturated rings. The van der Waals surface area contributed by atoms with Gasteiger partial charge in [-0.2, -0.15) is 0 Å². The van der Waals surface area contributed by atoms with E-state index in [1.807, 2.05) is 0 Å². The average Bonchev–Trinajstić information content (AvgIpc) is 2.47. The van der Waals surface area contributed by atoms with Gasteiger partial charge in [0, 0.05) is 11.6 Å². The molecule has 0 radical (unpaired) electrons. The van der Waals surface area contributed by atoms with Crippen molar-refractivity contribution < 1.29 is 0 Å². The summed E-state index contributed by atoms with van der Waals surface area (Å²) in [5.41, 5.74) is 0.396. The second-order valence-corrected chi connectivity index (χ2v) is 7.49. The summed E-state index contributed by atoms with van der Waals surface area (Å²) < 4.78 is 0. The standard InChI is InChI=1S/C19H40N2/c1-6-8-9-10-11-12-18(20-7-2)19(21(4)5)15-13-17(3)14-16-19/h17-18,20H,6-16H2,1-5H3. The smallest absolute Gasteiger partial charge is 0.0356 e. The molecule has 21 heavy (non-hydrogen) atoms. The Morgan fingerprint density at radius 2 is 1.67 bits per heavy atom. The molecular weight excluding hydrogens is 256 g/mol. The summed E-state index contributed by atoms with van der Waals surface area (Å²) >= 11 is 0. The predicted molar refractivity (Wildman–Crippen MR) is 94.9 cm³/mol. The van der Waals surface area contributed by atoms with Gasteiger partial charge in [0.1, 0.15) is 0 Å². The van der Waals surface area contributed by atoms with Crippen molar-refractivity contribution in [2.45, 2.75) is 96.6 Å². The first kappa shape index (κ1) is 19.0. The first-order chi connectivity index (χ1) is 10.1. The maximum absolute atomic E-state index is 3.84. The Bertz CT molecular complexity index is 254. The fourth-order valence-electron chi connectivity index (χ4n) is 4.13. The highest BCUT2D eigenvalue weighted by Gasteiger charge is 2.42. The van der Waals surface area contributed by atoms with Gasteiger partial charge in [-0.05, 0) is 58.7 Å². The van der Waals surface area contributed by atoms with Crippen molar-refractivity contribution in [3.8, 4) is 0 Å². The Balaban J connectivity index is 2.60. The van der Waals surface area contributed by atoms with Crippen LogP contribution in [-0.2, 0) is 0 Å². The SMILES string of the molecule is CCCCCCCC(NCC)C1(N(C)C)CCC(C)CC1. The van der Waals surface area contributed by atoms with Crippen molar-refractivity contribution in [1.29, 1.82) is 0 Å². The average molecular weight is 297 g/mol. The molecule has 0 amide bonds. The van der Waals surface area contributed by atoms with Crippen LogP contribution in [0.1, 0.15) is 85.0 Å². The van der Waals surface area contributed by atoms with Gasteiger partial charge in [0.2, 0.25) is 0 Å². The van der Waals surface area contributed by atoms with Crippen molar-refractivity contribution in [3.63, 3.8) is 0 Å². The van der Waals surface area contributed by atoms with Crippen LogP contribution in [0.3, 0.4) is 0 Å². The van der Waals surface area contributed by atoms with E-state index in [2.05, 4.69) is 45.1 Å². The van der Waals surface area contributed by atoms with Crippen LogP contribution in [0.4, 0.5) is 0 Å². The number of hydrogen-bond acceptors (Lipinski definition) is 2. The highest BCUT2D eigenvalue weighted by atomic mass is 15.2. The molecule has 126 valence electrons. The maximum atomic E-state index is 3.84. The molecule has 0 aliphatic heterocycles. The molecule has 1 rings (SSSR count). The predicted octanol–water partition coefficient (Wildman–Crippen LogP) is 4.84. The minimum atomic E-state index is 0.396. The van der Waals surface area contributed by atoms with Crippen molar-refractivity contribution in [1.82, 2.24) is 10.2 Å². The summed E-state index contributed by atoms with van der Waals surface area (Å²) in [6.07, 6.45) is 13.9. The van der Waals surface area contributed by atoms with Gasteiger partial charge in [-0.15, -0.1) is 0 Å². The van der Waals surface area contributed by atoms with Gasteiger partial charge in [0.25, 0.3) is 0 Å². The van der Waals surface area contributed by atoms with Crippen LogP contribution in [0.2, 0.25) is 0 Å². The Morgan fingerprint density at radius 1 is 1.05 bits per heavy atom. The van der Waals surface area contributed by atoms with Crippen LogP contribution in [0.25, 0.3) is 0 Å². The Morgan fingerprint density at radius 3 is 2.19 bits per heavy atom. The lowest BCUT2D eigenvalue weighted by Crippen LogP contribution is -2.60. The molecule has 0 spiro atoms. The summed E-state index contributed by atoms with van der Waals surface area (Å²) in [5, 5.41) is 3.84. The largest absolute Gasteiger partial charge is 0.312 e. The van der Waals surface area contributed by atoms with E-state index in [4.69, 9.17) is 0 Å². The highest BCUT2D eigenvalue weighted by molar-refractivity contribution is 5.01. The summed E-state index contributed by atoms with van der Waals surface area (Å²) in [7, 11) is 4.61. The zero-order chi connectivity index (χ0) is 15.7. The van der Waals surface area contributed by atoms with Gasteiger partial charge in [-0.1, -0.05) is 52.9 Å². The maximum Gasteiger partial charge on any atom is 0.0356 e. The van der Waals surface area contributed by atoms with Crippen LogP contribution in [0, 0.1) is 5.92 Å². The van der Waals surface area contributed by atoms with Gasteiger partial charge < -0.3 is 10.2 Å². The molecule has 1 aliphatic carbocycles. The molecule has 2 nitrogen and oxygen atoms in total. The lowest BCUT2D eigenvalue weighted by atomic mass is 9.71. The van der Waals surface area contributed by atoms with E-state index >= 15 is 0 Å². The first-order valence-corrected chi connectivity index (χ1v) is 9.47. The fourth-order valence-corrected chi connectivity index (χ4v) is 4.13. The number of nitrogens with one attached hydrogen (secondary N) is 1. The number of nitrogens with zero attached hydrogens (tertiary/aromatic N) is 1. The zero-order valence-electron chi connectivity index (χ0n) is 15.4. The number of likely N-dealkylation sites (N-methyl/N-ethyl adjacent to an activating group) is 2. The van der Waals surface area contributed by atoms with E-state index in [0.29, 0.717) is 11.6 Å². The second kappa shape index (κ2) is 9.84. The highest BCUT2D eigenvalue weighted by Crippen LogP contribution is 2.39.